The molecule has 0 saturated heterocycles. The number of halogens is 6. The van der Waals surface area contributed by atoms with Crippen molar-refractivity contribution in [1.82, 2.24) is 10.2 Å². The molecule has 0 unspecified atom stereocenters. The largest absolute Gasteiger partial charge is 0.435 e. The molecule has 0 saturated carbocycles. The zero-order chi connectivity index (χ0) is 24.6. The standard InChI is InChI=1S/C21H21ClF5N3O3/c1-30(12-19(32)29-14-4-7-17(22)16(10-14)21(25,26)27)11-18(31)28-9-8-13-2-5-15(6-3-13)33-20(23)24/h2-7,10,20H,8-9,11-12H2,1H3,(H,28,31)(H,29,32). The zero-order valence-electron chi connectivity index (χ0n) is 17.4. The van der Waals surface area contributed by atoms with Crippen LogP contribution in [0.4, 0.5) is 27.6 Å². The molecule has 0 radical (unpaired) electrons. The van der Waals surface area contributed by atoms with Crippen LogP contribution in [0.15, 0.2) is 42.5 Å². The van der Waals surface area contributed by atoms with E-state index in [1.165, 1.54) is 30.1 Å². The highest BCUT2D eigenvalue weighted by Crippen LogP contribution is 2.36. The van der Waals surface area contributed by atoms with Crippen LogP contribution in [0.5, 0.6) is 5.75 Å². The normalized spacial score (nSPS) is 11.5. The number of nitrogens with one attached hydrogen (secondary N) is 2. The van der Waals surface area contributed by atoms with Crippen LogP contribution in [0.1, 0.15) is 11.1 Å². The summed E-state index contributed by atoms with van der Waals surface area (Å²) >= 11 is 5.55. The molecule has 0 heterocycles. The molecule has 33 heavy (non-hydrogen) atoms. The molecule has 12 heteroatoms. The molecule has 6 nitrogen and oxygen atoms in total. The summed E-state index contributed by atoms with van der Waals surface area (Å²) in [5.74, 6) is -0.938. The van der Waals surface area contributed by atoms with Crippen LogP contribution in [0.3, 0.4) is 0 Å². The Bertz CT molecular complexity index is 955. The van der Waals surface area contributed by atoms with E-state index < -0.39 is 29.3 Å². The second-order valence-electron chi connectivity index (χ2n) is 7.04. The first-order valence-electron chi connectivity index (χ1n) is 9.59. The van der Waals surface area contributed by atoms with Crippen LogP contribution in [0.2, 0.25) is 5.02 Å². The van der Waals surface area contributed by atoms with Gasteiger partial charge in [0.25, 0.3) is 0 Å². The minimum Gasteiger partial charge on any atom is -0.435 e. The maximum atomic E-state index is 12.9. The third-order valence-electron chi connectivity index (χ3n) is 4.27. The summed E-state index contributed by atoms with van der Waals surface area (Å²) in [6.07, 6.45) is -4.21. The van der Waals surface area contributed by atoms with Crippen LogP contribution >= 0.6 is 11.6 Å². The second-order valence-corrected chi connectivity index (χ2v) is 7.44. The highest BCUT2D eigenvalue weighted by molar-refractivity contribution is 6.31. The predicted octanol–water partition coefficient (Wildman–Crippen LogP) is 4.19. The SMILES string of the molecule is CN(CC(=O)NCCc1ccc(OC(F)F)cc1)CC(=O)Nc1ccc(Cl)c(C(F)(F)F)c1. The fourth-order valence-corrected chi connectivity index (χ4v) is 3.03. The molecule has 2 aromatic carbocycles. The van der Waals surface area contributed by atoms with E-state index in [9.17, 15) is 31.5 Å². The second kappa shape index (κ2) is 11.8. The van der Waals surface area contributed by atoms with Crippen molar-refractivity contribution in [2.24, 2.45) is 0 Å². The van der Waals surface area contributed by atoms with E-state index in [0.717, 1.165) is 17.7 Å². The van der Waals surface area contributed by atoms with Gasteiger partial charge in [-0.05, 0) is 49.4 Å². The summed E-state index contributed by atoms with van der Waals surface area (Å²) in [6, 6.07) is 9.01. The lowest BCUT2D eigenvalue weighted by Crippen LogP contribution is -2.39. The quantitative estimate of drug-likeness (QED) is 0.487. The molecule has 0 atom stereocenters. The number of nitrogens with zero attached hydrogens (tertiary/aromatic N) is 1. The van der Waals surface area contributed by atoms with E-state index in [2.05, 4.69) is 15.4 Å². The third-order valence-corrected chi connectivity index (χ3v) is 4.60. The summed E-state index contributed by atoms with van der Waals surface area (Å²) in [5, 5.41) is 4.52. The van der Waals surface area contributed by atoms with E-state index in [4.69, 9.17) is 11.6 Å². The van der Waals surface area contributed by atoms with Gasteiger partial charge in [0.05, 0.1) is 23.7 Å². The van der Waals surface area contributed by atoms with Crippen molar-refractivity contribution in [2.75, 3.05) is 32.0 Å². The number of alkyl halides is 5. The molecule has 2 N–H and O–H groups in total. The summed E-state index contributed by atoms with van der Waals surface area (Å²) in [7, 11) is 1.50. The highest BCUT2D eigenvalue weighted by atomic mass is 35.5. The van der Waals surface area contributed by atoms with Gasteiger partial charge in [-0.2, -0.15) is 22.0 Å². The van der Waals surface area contributed by atoms with Crippen LogP contribution < -0.4 is 15.4 Å². The number of carbonyl (C=O) groups excluding carboxylic acids is 2. The number of carbonyl (C=O) groups is 2. The maximum Gasteiger partial charge on any atom is 0.417 e. The summed E-state index contributed by atoms with van der Waals surface area (Å²) in [6.45, 7) is -2.98. The maximum absolute atomic E-state index is 12.9. The molecule has 0 aliphatic carbocycles. The van der Waals surface area contributed by atoms with E-state index in [1.807, 2.05) is 0 Å². The molecule has 180 valence electrons. The number of hydrogen-bond donors (Lipinski definition) is 2. The van der Waals surface area contributed by atoms with Crippen molar-refractivity contribution < 1.29 is 36.3 Å². The van der Waals surface area contributed by atoms with E-state index in [-0.39, 0.29) is 37.0 Å². The molecule has 0 aliphatic heterocycles. The van der Waals surface area contributed by atoms with Gasteiger partial charge in [-0.3, -0.25) is 14.5 Å². The van der Waals surface area contributed by atoms with Crippen molar-refractivity contribution in [1.29, 1.82) is 0 Å². The Kier molecular flexibility index (Phi) is 9.42. The first kappa shape index (κ1) is 26.3. The molecule has 0 spiro atoms. The Hall–Kier alpha value is -2.92. The van der Waals surface area contributed by atoms with Gasteiger partial charge < -0.3 is 15.4 Å². The lowest BCUT2D eigenvalue weighted by molar-refractivity contribution is -0.137. The van der Waals surface area contributed by atoms with Crippen molar-refractivity contribution >= 4 is 29.1 Å². The number of likely N-dealkylation sites (N-methyl/N-ethyl adjacent to an activating group) is 1. The minimum atomic E-state index is -4.66. The summed E-state index contributed by atoms with van der Waals surface area (Å²) in [4.78, 5) is 25.5. The Morgan fingerprint density at radius 3 is 2.30 bits per heavy atom. The Labute approximate surface area is 191 Å². The monoisotopic (exact) mass is 493 g/mol. The molecule has 2 amide bonds. The van der Waals surface area contributed by atoms with E-state index in [1.54, 1.807) is 12.1 Å². The van der Waals surface area contributed by atoms with Gasteiger partial charge in [0.15, 0.2) is 0 Å². The fourth-order valence-electron chi connectivity index (χ4n) is 2.81. The van der Waals surface area contributed by atoms with E-state index in [0.29, 0.717) is 6.42 Å². The molecule has 0 bridgehead atoms. The first-order chi connectivity index (χ1) is 15.4. The Morgan fingerprint density at radius 1 is 1.06 bits per heavy atom. The zero-order valence-corrected chi connectivity index (χ0v) is 18.1. The van der Waals surface area contributed by atoms with Crippen molar-refractivity contribution in [3.8, 4) is 5.75 Å². The average molecular weight is 494 g/mol. The number of anilines is 1. The lowest BCUT2D eigenvalue weighted by atomic mass is 10.1. The van der Waals surface area contributed by atoms with Crippen molar-refractivity contribution in [2.45, 2.75) is 19.2 Å². The molecule has 0 fully saturated rings. The van der Waals surface area contributed by atoms with E-state index >= 15 is 0 Å². The molecule has 0 aliphatic rings. The average Bonchev–Trinajstić information content (AvgIpc) is 2.69. The first-order valence-corrected chi connectivity index (χ1v) is 9.97. The number of rotatable bonds is 10. The van der Waals surface area contributed by atoms with Crippen molar-refractivity contribution in [3.63, 3.8) is 0 Å². The van der Waals surface area contributed by atoms with Gasteiger partial charge in [0.2, 0.25) is 11.8 Å². The van der Waals surface area contributed by atoms with Gasteiger partial charge in [-0.1, -0.05) is 23.7 Å². The van der Waals surface area contributed by atoms with Crippen LogP contribution in [-0.2, 0) is 22.2 Å². The minimum absolute atomic E-state index is 0.0333. The molecular formula is C21H21ClF5N3O3. The van der Waals surface area contributed by atoms with Gasteiger partial charge in [-0.25, -0.2) is 0 Å². The third kappa shape index (κ3) is 9.22. The smallest absolute Gasteiger partial charge is 0.417 e. The van der Waals surface area contributed by atoms with Gasteiger partial charge >= 0.3 is 12.8 Å². The Morgan fingerprint density at radius 2 is 1.70 bits per heavy atom. The summed E-state index contributed by atoms with van der Waals surface area (Å²) < 4.78 is 67.3. The fraction of sp³-hybridized carbons (Fsp3) is 0.333. The lowest BCUT2D eigenvalue weighted by Gasteiger charge is -2.17. The number of ether oxygens (including phenoxy) is 1. The van der Waals surface area contributed by atoms with Crippen LogP contribution in [-0.4, -0.2) is 50.0 Å². The number of hydrogen-bond acceptors (Lipinski definition) is 4. The Balaban J connectivity index is 1.74. The molecule has 0 aromatic heterocycles. The molecule has 2 rings (SSSR count). The number of benzene rings is 2. The van der Waals surface area contributed by atoms with Crippen LogP contribution in [0.25, 0.3) is 0 Å². The molecular weight excluding hydrogens is 473 g/mol. The topological polar surface area (TPSA) is 70.7 Å². The van der Waals surface area contributed by atoms with Gasteiger partial charge in [0, 0.05) is 12.2 Å². The van der Waals surface area contributed by atoms with Gasteiger partial charge in [0.1, 0.15) is 5.75 Å². The van der Waals surface area contributed by atoms with Gasteiger partial charge in [-0.15, -0.1) is 0 Å². The van der Waals surface area contributed by atoms with Crippen LogP contribution in [0, 0.1) is 0 Å². The van der Waals surface area contributed by atoms with Crippen molar-refractivity contribution in [3.05, 3.63) is 58.6 Å². The summed E-state index contributed by atoms with van der Waals surface area (Å²) in [5.41, 5.74) is -0.337. The molecule has 2 aromatic rings. The number of amides is 2. The predicted molar refractivity (Wildman–Crippen MR) is 112 cm³/mol. The highest BCUT2D eigenvalue weighted by Gasteiger charge is 2.33.